The van der Waals surface area contributed by atoms with E-state index in [1.165, 1.54) is 0 Å². The molecule has 0 rings (SSSR count). The monoisotopic (exact) mass is 154 g/mol. The summed E-state index contributed by atoms with van der Waals surface area (Å²) in [5.41, 5.74) is 0. The summed E-state index contributed by atoms with van der Waals surface area (Å²) in [5, 5.41) is 0. The van der Waals surface area contributed by atoms with E-state index in [2.05, 4.69) is 11.8 Å². The van der Waals surface area contributed by atoms with Crippen LogP contribution in [0.3, 0.4) is 0 Å². The zero-order valence-corrected chi connectivity index (χ0v) is 7.31. The van der Waals surface area contributed by atoms with Crippen molar-refractivity contribution in [3.05, 3.63) is 0 Å². The van der Waals surface area contributed by atoms with Gasteiger partial charge in [0, 0.05) is 12.3 Å². The van der Waals surface area contributed by atoms with Gasteiger partial charge in [0.05, 0.1) is 6.61 Å². The number of hydrogen-bond donors (Lipinski definition) is 0. The summed E-state index contributed by atoms with van der Waals surface area (Å²) in [7, 11) is 0. The van der Waals surface area contributed by atoms with Gasteiger partial charge in [0.25, 0.3) is 0 Å². The molecule has 0 atom stereocenters. The Morgan fingerprint density at radius 3 is 2.64 bits per heavy atom. The van der Waals surface area contributed by atoms with Gasteiger partial charge in [0.1, 0.15) is 0 Å². The van der Waals surface area contributed by atoms with Gasteiger partial charge >= 0.3 is 5.97 Å². The fourth-order valence-electron chi connectivity index (χ4n) is 0.439. The lowest BCUT2D eigenvalue weighted by Gasteiger charge is -2.01. The number of ether oxygens (including phenoxy) is 1. The first-order chi connectivity index (χ1) is 5.16. The predicted octanol–water partition coefficient (Wildman–Crippen LogP) is 1.60. The molecule has 0 N–H and O–H groups in total. The normalized spacial score (nSPS) is 8.73. The summed E-state index contributed by atoms with van der Waals surface area (Å²) < 4.78 is 4.79. The van der Waals surface area contributed by atoms with E-state index >= 15 is 0 Å². The fourth-order valence-corrected chi connectivity index (χ4v) is 0.439. The van der Waals surface area contributed by atoms with Crippen LogP contribution in [0.15, 0.2) is 0 Å². The van der Waals surface area contributed by atoms with Crippen LogP contribution in [0.5, 0.6) is 0 Å². The van der Waals surface area contributed by atoms with Crippen molar-refractivity contribution >= 4 is 5.97 Å². The second-order valence-corrected chi connectivity index (χ2v) is 2.65. The standard InChI is InChI=1S/C9H14O2/c1-4-5-6-9(10)11-7-8(2)3/h8H,4,7H2,1-3H3. The molecule has 0 saturated heterocycles. The number of hydrogen-bond acceptors (Lipinski definition) is 2. The van der Waals surface area contributed by atoms with Crippen LogP contribution in [-0.2, 0) is 9.53 Å². The van der Waals surface area contributed by atoms with Gasteiger partial charge < -0.3 is 4.74 Å². The predicted molar refractivity (Wildman–Crippen MR) is 43.9 cm³/mol. The molecule has 62 valence electrons. The Bertz CT molecular complexity index is 172. The first-order valence-corrected chi connectivity index (χ1v) is 3.82. The summed E-state index contributed by atoms with van der Waals surface area (Å²) in [5.74, 6) is 4.98. The highest BCUT2D eigenvalue weighted by atomic mass is 16.5. The lowest BCUT2D eigenvalue weighted by atomic mass is 10.2. The van der Waals surface area contributed by atoms with Crippen LogP contribution in [0, 0.1) is 17.8 Å². The van der Waals surface area contributed by atoms with Crippen molar-refractivity contribution in [1.82, 2.24) is 0 Å². The summed E-state index contributed by atoms with van der Waals surface area (Å²) in [6.45, 7) is 6.32. The Morgan fingerprint density at radius 2 is 2.18 bits per heavy atom. The minimum atomic E-state index is -0.416. The molecule has 0 spiro atoms. The van der Waals surface area contributed by atoms with E-state index in [9.17, 15) is 4.79 Å². The highest BCUT2D eigenvalue weighted by Crippen LogP contribution is 1.91. The number of esters is 1. The van der Waals surface area contributed by atoms with Crippen LogP contribution in [0.4, 0.5) is 0 Å². The van der Waals surface area contributed by atoms with E-state index in [1.54, 1.807) is 0 Å². The lowest BCUT2D eigenvalue weighted by molar-refractivity contribution is -0.137. The molecule has 0 aromatic carbocycles. The molecule has 0 bridgehead atoms. The van der Waals surface area contributed by atoms with Gasteiger partial charge in [-0.05, 0) is 5.92 Å². The van der Waals surface area contributed by atoms with Gasteiger partial charge in [0.2, 0.25) is 0 Å². The average molecular weight is 154 g/mol. The third-order valence-electron chi connectivity index (χ3n) is 0.915. The molecule has 0 amide bonds. The molecular weight excluding hydrogens is 140 g/mol. The molecule has 11 heavy (non-hydrogen) atoms. The van der Waals surface area contributed by atoms with E-state index in [-0.39, 0.29) is 0 Å². The Kier molecular flexibility index (Phi) is 5.28. The maximum absolute atomic E-state index is 10.7. The molecule has 0 radical (unpaired) electrons. The Morgan fingerprint density at radius 1 is 1.55 bits per heavy atom. The first kappa shape index (κ1) is 10.0. The van der Waals surface area contributed by atoms with Gasteiger partial charge in [-0.1, -0.05) is 26.7 Å². The van der Waals surface area contributed by atoms with Gasteiger partial charge in [-0.3, -0.25) is 0 Å². The zero-order chi connectivity index (χ0) is 8.69. The van der Waals surface area contributed by atoms with Gasteiger partial charge in [-0.2, -0.15) is 0 Å². The van der Waals surface area contributed by atoms with E-state index in [0.29, 0.717) is 18.9 Å². The summed E-state index contributed by atoms with van der Waals surface area (Å²) >= 11 is 0. The van der Waals surface area contributed by atoms with Crippen molar-refractivity contribution in [2.45, 2.75) is 27.2 Å². The highest BCUT2D eigenvalue weighted by molar-refractivity contribution is 5.88. The molecule has 0 heterocycles. The molecule has 0 aliphatic carbocycles. The largest absolute Gasteiger partial charge is 0.456 e. The van der Waals surface area contributed by atoms with Gasteiger partial charge in [0.15, 0.2) is 0 Å². The van der Waals surface area contributed by atoms with Crippen LogP contribution in [-0.4, -0.2) is 12.6 Å². The lowest BCUT2D eigenvalue weighted by Crippen LogP contribution is -2.07. The van der Waals surface area contributed by atoms with Crippen molar-refractivity contribution in [1.29, 1.82) is 0 Å². The minimum Gasteiger partial charge on any atom is -0.456 e. The maximum Gasteiger partial charge on any atom is 0.384 e. The molecule has 0 saturated carbocycles. The molecule has 2 heteroatoms. The van der Waals surface area contributed by atoms with E-state index in [1.807, 2.05) is 20.8 Å². The Hall–Kier alpha value is -0.970. The third-order valence-corrected chi connectivity index (χ3v) is 0.915. The Balaban J connectivity index is 3.53. The van der Waals surface area contributed by atoms with Gasteiger partial charge in [-0.25, -0.2) is 4.79 Å². The molecule has 2 nitrogen and oxygen atoms in total. The van der Waals surface area contributed by atoms with Crippen molar-refractivity contribution in [2.75, 3.05) is 6.61 Å². The molecular formula is C9H14O2. The van der Waals surface area contributed by atoms with E-state index in [0.717, 1.165) is 0 Å². The smallest absolute Gasteiger partial charge is 0.384 e. The minimum absolute atomic E-state index is 0.377. The highest BCUT2D eigenvalue weighted by Gasteiger charge is 1.98. The first-order valence-electron chi connectivity index (χ1n) is 3.82. The molecule has 0 aliphatic heterocycles. The maximum atomic E-state index is 10.7. The second kappa shape index (κ2) is 5.79. The zero-order valence-electron chi connectivity index (χ0n) is 7.31. The third kappa shape index (κ3) is 6.92. The quantitative estimate of drug-likeness (QED) is 0.343. The summed E-state index contributed by atoms with van der Waals surface area (Å²) in [4.78, 5) is 10.7. The van der Waals surface area contributed by atoms with Crippen molar-refractivity contribution in [2.24, 2.45) is 5.92 Å². The van der Waals surface area contributed by atoms with Crippen LogP contribution in [0.25, 0.3) is 0 Å². The molecule has 0 fully saturated rings. The van der Waals surface area contributed by atoms with Crippen molar-refractivity contribution in [3.63, 3.8) is 0 Å². The van der Waals surface area contributed by atoms with Crippen molar-refractivity contribution < 1.29 is 9.53 Å². The summed E-state index contributed by atoms with van der Waals surface area (Å²) in [6, 6.07) is 0. The van der Waals surface area contributed by atoms with Crippen LogP contribution in [0.2, 0.25) is 0 Å². The number of carbonyl (C=O) groups excluding carboxylic acids is 1. The average Bonchev–Trinajstić information content (AvgIpc) is 1.97. The number of carbonyl (C=O) groups is 1. The second-order valence-electron chi connectivity index (χ2n) is 2.65. The Labute approximate surface area is 67.9 Å². The van der Waals surface area contributed by atoms with Crippen LogP contribution in [0.1, 0.15) is 27.2 Å². The van der Waals surface area contributed by atoms with E-state index < -0.39 is 5.97 Å². The molecule has 0 aromatic rings. The molecule has 0 unspecified atom stereocenters. The van der Waals surface area contributed by atoms with Crippen molar-refractivity contribution in [3.8, 4) is 11.8 Å². The topological polar surface area (TPSA) is 26.3 Å². The summed E-state index contributed by atoms with van der Waals surface area (Å²) in [6.07, 6.45) is 0.691. The van der Waals surface area contributed by atoms with Crippen LogP contribution >= 0.6 is 0 Å². The molecule has 0 aromatic heterocycles. The SMILES string of the molecule is CCC#CC(=O)OCC(C)C. The molecule has 0 aliphatic rings. The van der Waals surface area contributed by atoms with Crippen LogP contribution < -0.4 is 0 Å². The van der Waals surface area contributed by atoms with E-state index in [4.69, 9.17) is 4.74 Å². The number of rotatable bonds is 2. The fraction of sp³-hybridized carbons (Fsp3) is 0.667. The van der Waals surface area contributed by atoms with Gasteiger partial charge in [-0.15, -0.1) is 0 Å².